The number of phenolic OH excluding ortho intramolecular Hbond substituents is 1. The van der Waals surface area contributed by atoms with Crippen molar-refractivity contribution in [2.24, 2.45) is 0 Å². The lowest BCUT2D eigenvalue weighted by Gasteiger charge is -2.23. The van der Waals surface area contributed by atoms with Crippen LogP contribution in [0, 0.1) is 0 Å². The lowest BCUT2D eigenvalue weighted by atomic mass is 9.97. The number of aliphatic hydroxyl groups excluding tert-OH is 1. The van der Waals surface area contributed by atoms with Crippen LogP contribution in [0.3, 0.4) is 0 Å². The molecule has 0 heterocycles. The van der Waals surface area contributed by atoms with Gasteiger partial charge in [-0.05, 0) is 53.8 Å². The summed E-state index contributed by atoms with van der Waals surface area (Å²) in [5.74, 6) is -0.133. The molecule has 212 valence electrons. The van der Waals surface area contributed by atoms with Gasteiger partial charge in [-0.3, -0.25) is 4.72 Å². The van der Waals surface area contributed by atoms with Gasteiger partial charge < -0.3 is 25.0 Å². The summed E-state index contributed by atoms with van der Waals surface area (Å²) in [5, 5.41) is 24.0. The van der Waals surface area contributed by atoms with E-state index in [1.165, 1.54) is 25.3 Å². The third-order valence-electron chi connectivity index (χ3n) is 5.69. The summed E-state index contributed by atoms with van der Waals surface area (Å²) in [6.45, 7) is -1.30. The van der Waals surface area contributed by atoms with Gasteiger partial charge in [-0.2, -0.15) is 13.2 Å². The molecule has 3 rings (SSSR count). The van der Waals surface area contributed by atoms with E-state index in [9.17, 15) is 31.8 Å². The molecule has 0 saturated carbocycles. The first-order valence-electron chi connectivity index (χ1n) is 12.0. The Hall–Kier alpha value is -3.48. The van der Waals surface area contributed by atoms with Crippen LogP contribution in [0.5, 0.6) is 17.2 Å². The molecule has 0 aliphatic heterocycles. The van der Waals surface area contributed by atoms with Crippen LogP contribution in [0.4, 0.5) is 18.9 Å². The molecule has 3 aromatic carbocycles. The van der Waals surface area contributed by atoms with Crippen molar-refractivity contribution in [2.75, 3.05) is 31.2 Å². The van der Waals surface area contributed by atoms with Crippen molar-refractivity contribution in [3.05, 3.63) is 83.4 Å². The zero-order valence-electron chi connectivity index (χ0n) is 21.4. The second-order valence-corrected chi connectivity index (χ2v) is 10.8. The molecule has 0 aromatic heterocycles. The fourth-order valence-electron chi connectivity index (χ4n) is 3.95. The molecule has 0 radical (unpaired) electrons. The number of anilines is 1. The lowest BCUT2D eigenvalue weighted by Crippen LogP contribution is -2.32. The second-order valence-electron chi connectivity index (χ2n) is 9.05. The van der Waals surface area contributed by atoms with Crippen LogP contribution in [0.2, 0.25) is 0 Å². The maximum atomic E-state index is 12.6. The van der Waals surface area contributed by atoms with Crippen LogP contribution >= 0.6 is 0 Å². The van der Waals surface area contributed by atoms with Crippen molar-refractivity contribution in [1.29, 1.82) is 0 Å². The number of aromatic hydroxyl groups is 1. The Morgan fingerprint density at radius 3 is 2.31 bits per heavy atom. The molecule has 8 nitrogen and oxygen atoms in total. The molecule has 0 spiro atoms. The third-order valence-corrected chi connectivity index (χ3v) is 6.28. The molecule has 0 aliphatic carbocycles. The van der Waals surface area contributed by atoms with E-state index >= 15 is 0 Å². The molecule has 2 atom stereocenters. The van der Waals surface area contributed by atoms with Crippen LogP contribution in [0.1, 0.15) is 22.7 Å². The van der Waals surface area contributed by atoms with E-state index in [1.54, 1.807) is 18.2 Å². The molecule has 0 saturated heterocycles. The highest BCUT2D eigenvalue weighted by Gasteiger charge is 2.29. The average molecular weight is 569 g/mol. The number of hydrogen-bond donors (Lipinski definition) is 4. The van der Waals surface area contributed by atoms with Crippen LogP contribution in [0.15, 0.2) is 66.7 Å². The molecule has 0 amide bonds. The number of methoxy groups -OCH3 is 1. The summed E-state index contributed by atoms with van der Waals surface area (Å²) in [7, 11) is -2.27. The highest BCUT2D eigenvalue weighted by Crippen LogP contribution is 2.33. The smallest absolute Gasteiger partial charge is 0.422 e. The van der Waals surface area contributed by atoms with E-state index in [2.05, 4.69) is 10.0 Å². The fourth-order valence-corrected chi connectivity index (χ4v) is 4.51. The molecular formula is C27H31F3N2O6S. The minimum absolute atomic E-state index is 0.0111. The van der Waals surface area contributed by atoms with E-state index in [4.69, 9.17) is 9.47 Å². The van der Waals surface area contributed by atoms with Crippen LogP contribution < -0.4 is 19.5 Å². The summed E-state index contributed by atoms with van der Waals surface area (Å²) in [5.41, 5.74) is 2.32. The van der Waals surface area contributed by atoms with Crippen molar-refractivity contribution < 1.29 is 41.3 Å². The molecule has 0 unspecified atom stereocenters. The molecule has 39 heavy (non-hydrogen) atoms. The Labute approximate surface area is 225 Å². The van der Waals surface area contributed by atoms with Gasteiger partial charge in [0.05, 0.1) is 25.2 Å². The van der Waals surface area contributed by atoms with E-state index in [1.807, 2.05) is 30.3 Å². The summed E-state index contributed by atoms with van der Waals surface area (Å²) < 4.78 is 73.4. The van der Waals surface area contributed by atoms with Crippen molar-refractivity contribution in [2.45, 2.75) is 31.2 Å². The quantitative estimate of drug-likeness (QED) is 0.229. The first-order chi connectivity index (χ1) is 18.3. The van der Waals surface area contributed by atoms with Crippen molar-refractivity contribution in [3.63, 3.8) is 0 Å². The van der Waals surface area contributed by atoms with Crippen molar-refractivity contribution in [1.82, 2.24) is 5.32 Å². The third kappa shape index (κ3) is 9.97. The van der Waals surface area contributed by atoms with Gasteiger partial charge in [-0.1, -0.05) is 42.5 Å². The summed E-state index contributed by atoms with van der Waals surface area (Å²) in [6.07, 6.45) is -3.72. The van der Waals surface area contributed by atoms with Gasteiger partial charge in [0.25, 0.3) is 0 Å². The molecular weight excluding hydrogens is 537 g/mol. The molecule has 12 heteroatoms. The van der Waals surface area contributed by atoms with Crippen molar-refractivity contribution in [3.8, 4) is 17.2 Å². The largest absolute Gasteiger partial charge is 0.506 e. The first-order valence-corrected chi connectivity index (χ1v) is 13.8. The van der Waals surface area contributed by atoms with E-state index < -0.39 is 28.9 Å². The minimum atomic E-state index is -4.49. The zero-order valence-corrected chi connectivity index (χ0v) is 22.2. The SMILES string of the molecule is COc1cc([C@@H](Cc2ccccc2)NC[C@@H](O)Cc2ccc(O)c(NS(C)(=O)=O)c2)ccc1OCC(F)(F)F. The Kier molecular flexibility index (Phi) is 10.1. The molecule has 0 fully saturated rings. The number of sulfonamides is 1. The molecule has 3 aromatic rings. The number of benzene rings is 3. The van der Waals surface area contributed by atoms with E-state index in [-0.39, 0.29) is 41.9 Å². The summed E-state index contributed by atoms with van der Waals surface area (Å²) in [6, 6.07) is 18.2. The number of alkyl halides is 3. The topological polar surface area (TPSA) is 117 Å². The lowest BCUT2D eigenvalue weighted by molar-refractivity contribution is -0.153. The van der Waals surface area contributed by atoms with Crippen LogP contribution in [-0.2, 0) is 22.9 Å². The highest BCUT2D eigenvalue weighted by molar-refractivity contribution is 7.92. The van der Waals surface area contributed by atoms with Gasteiger partial charge in [-0.15, -0.1) is 0 Å². The standard InChI is InChI=1S/C27H31F3N2O6S/c1-37-26-15-20(9-11-25(26)38-17-27(28,29)30)22(13-18-6-4-3-5-7-18)31-16-21(33)12-19-8-10-24(34)23(14-19)32-39(2,35)36/h3-11,14-15,21-22,31-34H,12-13,16-17H2,1-2H3/t21-,22+/m0/s1. The predicted octanol–water partition coefficient (Wildman–Crippen LogP) is 4.19. The number of aliphatic hydroxyl groups is 1. The maximum Gasteiger partial charge on any atom is 0.422 e. The van der Waals surface area contributed by atoms with Crippen LogP contribution in [-0.4, -0.2) is 57.4 Å². The van der Waals surface area contributed by atoms with Crippen molar-refractivity contribution >= 4 is 15.7 Å². The molecule has 0 bridgehead atoms. The Balaban J connectivity index is 1.76. The number of phenols is 1. The number of hydrogen-bond acceptors (Lipinski definition) is 7. The fraction of sp³-hybridized carbons (Fsp3) is 0.333. The van der Waals surface area contributed by atoms with E-state index in [0.29, 0.717) is 17.5 Å². The number of halogens is 3. The summed E-state index contributed by atoms with van der Waals surface area (Å²) >= 11 is 0. The number of ether oxygens (including phenoxy) is 2. The Morgan fingerprint density at radius 2 is 1.67 bits per heavy atom. The monoisotopic (exact) mass is 568 g/mol. The normalized spacial score (nSPS) is 13.5. The molecule has 0 aliphatic rings. The zero-order chi connectivity index (χ0) is 28.6. The van der Waals surface area contributed by atoms with Gasteiger partial charge in [0.15, 0.2) is 18.1 Å². The van der Waals surface area contributed by atoms with Crippen LogP contribution in [0.25, 0.3) is 0 Å². The molecule has 4 N–H and O–H groups in total. The van der Waals surface area contributed by atoms with Gasteiger partial charge in [0.1, 0.15) is 5.75 Å². The van der Waals surface area contributed by atoms with E-state index in [0.717, 1.165) is 11.8 Å². The number of nitrogens with one attached hydrogen (secondary N) is 2. The van der Waals surface area contributed by atoms with Gasteiger partial charge in [0, 0.05) is 12.6 Å². The highest BCUT2D eigenvalue weighted by atomic mass is 32.2. The maximum absolute atomic E-state index is 12.6. The number of rotatable bonds is 13. The Bertz CT molecular complexity index is 1340. The Morgan fingerprint density at radius 1 is 0.949 bits per heavy atom. The predicted molar refractivity (Wildman–Crippen MR) is 142 cm³/mol. The minimum Gasteiger partial charge on any atom is -0.506 e. The van der Waals surface area contributed by atoms with Gasteiger partial charge in [-0.25, -0.2) is 8.42 Å². The van der Waals surface area contributed by atoms with Gasteiger partial charge in [0.2, 0.25) is 10.0 Å². The first kappa shape index (κ1) is 30.1. The summed E-state index contributed by atoms with van der Waals surface area (Å²) in [4.78, 5) is 0. The average Bonchev–Trinajstić information content (AvgIpc) is 2.86. The van der Waals surface area contributed by atoms with Gasteiger partial charge >= 0.3 is 6.18 Å². The second kappa shape index (κ2) is 13.0.